The Kier molecular flexibility index (Phi) is 12.6. The second-order valence-electron chi connectivity index (χ2n) is 5.78. The van der Waals surface area contributed by atoms with Gasteiger partial charge in [-0.15, -0.1) is 58.5 Å². The van der Waals surface area contributed by atoms with Gasteiger partial charge >= 0.3 is 26.8 Å². The molecule has 1 aliphatic carbocycles. The van der Waals surface area contributed by atoms with E-state index < -0.39 is 0 Å². The molecule has 26 heavy (non-hydrogen) atoms. The van der Waals surface area contributed by atoms with Crippen LogP contribution in [0, 0.1) is 28.7 Å². The van der Waals surface area contributed by atoms with Gasteiger partial charge in [0.15, 0.2) is 0 Å². The van der Waals surface area contributed by atoms with Crippen molar-refractivity contribution in [2.24, 2.45) is 0 Å². The molecule has 3 aromatic rings. The molecule has 0 bridgehead atoms. The van der Waals surface area contributed by atoms with Crippen molar-refractivity contribution in [3.8, 4) is 0 Å². The summed E-state index contributed by atoms with van der Waals surface area (Å²) in [5, 5.41) is 5.52. The molecule has 0 aromatic heterocycles. The van der Waals surface area contributed by atoms with Crippen molar-refractivity contribution in [3.05, 3.63) is 86.2 Å². The van der Waals surface area contributed by atoms with E-state index in [1.165, 1.54) is 43.8 Å². The van der Waals surface area contributed by atoms with Crippen LogP contribution in [-0.4, -0.2) is 7.63 Å². The Labute approximate surface area is 184 Å². The van der Waals surface area contributed by atoms with Gasteiger partial charge in [0, 0.05) is 0 Å². The first-order chi connectivity index (χ1) is 10.7. The van der Waals surface area contributed by atoms with Crippen LogP contribution in [0.3, 0.4) is 0 Å². The van der Waals surface area contributed by atoms with E-state index in [2.05, 4.69) is 76.1 Å². The molecule has 4 heteroatoms. The van der Waals surface area contributed by atoms with Crippen LogP contribution in [0.15, 0.2) is 54.6 Å². The molecule has 0 heterocycles. The SMILES string of the molecule is Cc1ccc2c(c1)[cH-]c1c(C3=CC=CC3)c(C)ccc12.Cl.Cl.[CH3-].[CH3-].[Si]=[Ti]. The maximum atomic E-state index is 2.97. The molecule has 0 fully saturated rings. The minimum absolute atomic E-state index is 0. The molecule has 0 amide bonds. The van der Waals surface area contributed by atoms with E-state index in [9.17, 15) is 0 Å². The first-order valence-corrected chi connectivity index (χ1v) is 10.3. The number of hydrogen-bond donors (Lipinski definition) is 0. The van der Waals surface area contributed by atoms with E-state index in [0.29, 0.717) is 0 Å². The Bertz CT molecular complexity index is 923. The quantitative estimate of drug-likeness (QED) is 0.284. The van der Waals surface area contributed by atoms with Crippen molar-refractivity contribution < 1.29 is 19.2 Å². The summed E-state index contributed by atoms with van der Waals surface area (Å²) >= 11 is 1.81. The Morgan fingerprint density at radius 2 is 1.62 bits per heavy atom. The molecule has 0 saturated carbocycles. The Morgan fingerprint density at radius 1 is 0.962 bits per heavy atom. The number of halogens is 2. The second-order valence-corrected chi connectivity index (χ2v) is 5.78. The topological polar surface area (TPSA) is 0 Å². The van der Waals surface area contributed by atoms with Gasteiger partial charge in [0.25, 0.3) is 0 Å². The summed E-state index contributed by atoms with van der Waals surface area (Å²) in [6.45, 7) is 4.38. The van der Waals surface area contributed by atoms with Gasteiger partial charge in [-0.2, -0.15) is 0 Å². The van der Waals surface area contributed by atoms with Crippen LogP contribution in [-0.2, 0) is 19.2 Å². The fourth-order valence-electron chi connectivity index (χ4n) is 3.37. The average Bonchev–Trinajstić information content (AvgIpc) is 3.16. The summed E-state index contributed by atoms with van der Waals surface area (Å²) in [5.41, 5.74) is 5.58. The van der Waals surface area contributed by atoms with Gasteiger partial charge in [0.1, 0.15) is 0 Å². The van der Waals surface area contributed by atoms with Crippen LogP contribution < -0.4 is 0 Å². The zero-order valence-electron chi connectivity index (χ0n) is 15.7. The predicted octanol–water partition coefficient (Wildman–Crippen LogP) is 7.03. The van der Waals surface area contributed by atoms with E-state index in [0.717, 1.165) is 6.42 Å². The van der Waals surface area contributed by atoms with Gasteiger partial charge in [-0.05, 0) is 20.3 Å². The molecule has 3 aromatic carbocycles. The van der Waals surface area contributed by atoms with Gasteiger partial charge < -0.3 is 14.9 Å². The van der Waals surface area contributed by atoms with Crippen LogP contribution in [0.1, 0.15) is 23.1 Å². The van der Waals surface area contributed by atoms with Crippen LogP contribution in [0.25, 0.3) is 27.1 Å². The molecule has 0 atom stereocenters. The van der Waals surface area contributed by atoms with Crippen LogP contribution in [0.2, 0.25) is 0 Å². The van der Waals surface area contributed by atoms with E-state index in [-0.39, 0.29) is 39.7 Å². The van der Waals surface area contributed by atoms with Crippen LogP contribution in [0.5, 0.6) is 0 Å². The normalized spacial score (nSPS) is 11.2. The zero-order valence-corrected chi connectivity index (χ0v) is 19.9. The summed E-state index contributed by atoms with van der Waals surface area (Å²) in [6.07, 6.45) is 7.71. The number of aryl methyl sites for hydroxylation is 2. The number of rotatable bonds is 1. The molecule has 2 radical (unpaired) electrons. The van der Waals surface area contributed by atoms with Crippen molar-refractivity contribution in [1.29, 1.82) is 0 Å². The third-order valence-electron chi connectivity index (χ3n) is 4.34. The Morgan fingerprint density at radius 3 is 2.23 bits per heavy atom. The predicted molar refractivity (Wildman–Crippen MR) is 121 cm³/mol. The molecule has 138 valence electrons. The van der Waals surface area contributed by atoms with Crippen LogP contribution >= 0.6 is 24.8 Å². The second kappa shape index (κ2) is 11.9. The summed E-state index contributed by atoms with van der Waals surface area (Å²) in [6, 6.07) is 13.6. The summed E-state index contributed by atoms with van der Waals surface area (Å²) in [5.74, 6) is 0. The fourth-order valence-corrected chi connectivity index (χ4v) is 3.37. The van der Waals surface area contributed by atoms with Gasteiger partial charge in [0.2, 0.25) is 0 Å². The molecule has 0 aliphatic heterocycles. The number of allylic oxidation sites excluding steroid dienone is 4. The van der Waals surface area contributed by atoms with Crippen LogP contribution in [0.4, 0.5) is 0 Å². The van der Waals surface area contributed by atoms with E-state index in [1.807, 2.05) is 0 Å². The summed E-state index contributed by atoms with van der Waals surface area (Å²) in [4.78, 5) is 0. The monoisotopic (exact) mass is 435 g/mol. The average molecular weight is 436 g/mol. The molecule has 0 spiro atoms. The van der Waals surface area contributed by atoms with Crippen molar-refractivity contribution >= 4 is 59.6 Å². The maximum absolute atomic E-state index is 2.97. The molecule has 0 nitrogen and oxygen atoms in total. The summed E-state index contributed by atoms with van der Waals surface area (Å²) in [7, 11) is 2.97. The van der Waals surface area contributed by atoms with Gasteiger partial charge in [-0.1, -0.05) is 64.8 Å². The minimum atomic E-state index is 0. The van der Waals surface area contributed by atoms with Crippen molar-refractivity contribution in [1.82, 2.24) is 0 Å². The first kappa shape index (κ1) is 27.5. The van der Waals surface area contributed by atoms with Gasteiger partial charge in [0.05, 0.1) is 0 Å². The third kappa shape index (κ3) is 4.97. The molecule has 1 aliphatic rings. The van der Waals surface area contributed by atoms with Gasteiger partial charge in [-0.3, -0.25) is 0 Å². The first-order valence-electron chi connectivity index (χ1n) is 7.44. The van der Waals surface area contributed by atoms with E-state index >= 15 is 0 Å². The Balaban J connectivity index is 0. The standard InChI is InChI=1S/C20H17.2CH3.2ClH.Si.Ti/c1-13-7-9-17-16(11-13)12-19-18(17)10-8-14(2)20(19)15-5-3-4-6-15;;;;;;/h3-5,7-12H,6H2,1-2H3;2*1H3;2*1H;;/q3*-1;;;;. The molecule has 0 saturated heterocycles. The van der Waals surface area contributed by atoms with Gasteiger partial charge in [-0.25, -0.2) is 0 Å². The van der Waals surface area contributed by atoms with Crippen molar-refractivity contribution in [2.75, 3.05) is 0 Å². The Hall–Kier alpha value is -0.699. The number of hydrogen-bond acceptors (Lipinski definition) is 0. The molecule has 0 N–H and O–H groups in total. The molecular formula is C22H25Cl2SiTi-3. The van der Waals surface area contributed by atoms with Crippen molar-refractivity contribution in [2.45, 2.75) is 20.3 Å². The zero-order chi connectivity index (χ0) is 15.7. The number of benzene rings is 2. The van der Waals surface area contributed by atoms with E-state index in [4.69, 9.17) is 0 Å². The fraction of sp³-hybridized carbons (Fsp3) is 0.136. The molecular weight excluding hydrogens is 411 g/mol. The summed E-state index contributed by atoms with van der Waals surface area (Å²) < 4.78 is 0. The third-order valence-corrected chi connectivity index (χ3v) is 4.34. The van der Waals surface area contributed by atoms with E-state index in [1.54, 1.807) is 19.2 Å². The molecule has 0 unspecified atom stereocenters. The van der Waals surface area contributed by atoms with Crippen molar-refractivity contribution in [3.63, 3.8) is 0 Å². The molecule has 4 rings (SSSR count). The number of fused-ring (bicyclic) bond motifs is 3.